The number of nitrogens with zero attached hydrogens (tertiary/aromatic N) is 1. The number of carbonyl (C=O) groups is 1. The normalized spacial score (nSPS) is 10.2. The molecule has 116 valence electrons. The van der Waals surface area contributed by atoms with Crippen LogP contribution in [0.15, 0.2) is 18.2 Å². The molecule has 0 amide bonds. The van der Waals surface area contributed by atoms with E-state index in [-0.39, 0.29) is 17.4 Å². The molecule has 7 heteroatoms. The minimum Gasteiger partial charge on any atom is -0.469 e. The van der Waals surface area contributed by atoms with Crippen molar-refractivity contribution in [3.63, 3.8) is 0 Å². The molecule has 0 aliphatic heterocycles. The lowest BCUT2D eigenvalue weighted by Crippen LogP contribution is -2.31. The largest absolute Gasteiger partial charge is 0.469 e. The zero-order valence-electron chi connectivity index (χ0n) is 12.1. The van der Waals surface area contributed by atoms with Crippen LogP contribution in [-0.4, -0.2) is 44.9 Å². The van der Waals surface area contributed by atoms with E-state index in [1.165, 1.54) is 7.11 Å². The quantitative estimate of drug-likeness (QED) is 0.581. The first-order valence-corrected chi connectivity index (χ1v) is 7.18. The van der Waals surface area contributed by atoms with Crippen molar-refractivity contribution >= 4 is 40.5 Å². The van der Waals surface area contributed by atoms with Gasteiger partial charge in [0.1, 0.15) is 4.99 Å². The molecule has 0 saturated carbocycles. The molecule has 21 heavy (non-hydrogen) atoms. The third-order valence-corrected chi connectivity index (χ3v) is 3.40. The van der Waals surface area contributed by atoms with E-state index < -0.39 is 0 Å². The van der Waals surface area contributed by atoms with Crippen molar-refractivity contribution in [2.75, 3.05) is 38.8 Å². The van der Waals surface area contributed by atoms with Crippen molar-refractivity contribution in [2.45, 2.75) is 6.42 Å². The summed E-state index contributed by atoms with van der Waals surface area (Å²) in [6.45, 7) is 1.56. The Hall–Kier alpha value is -1.37. The Morgan fingerprint density at radius 1 is 1.38 bits per heavy atom. The van der Waals surface area contributed by atoms with Gasteiger partial charge in [0.25, 0.3) is 0 Å². The Balaban J connectivity index is 3.03. The number of methoxy groups -OCH3 is 2. The maximum Gasteiger partial charge on any atom is 0.307 e. The Morgan fingerprint density at radius 3 is 2.67 bits per heavy atom. The maximum atomic E-state index is 11.4. The molecular formula is C14H19ClN2O3S. The van der Waals surface area contributed by atoms with E-state index in [1.54, 1.807) is 25.3 Å². The summed E-state index contributed by atoms with van der Waals surface area (Å²) >= 11 is 11.1. The summed E-state index contributed by atoms with van der Waals surface area (Å²) in [5.74, 6) is -0.281. The summed E-state index contributed by atoms with van der Waals surface area (Å²) in [7, 11) is 2.98. The predicted octanol–water partition coefficient (Wildman–Crippen LogP) is 1.99. The van der Waals surface area contributed by atoms with Crippen LogP contribution in [0.5, 0.6) is 0 Å². The zero-order valence-corrected chi connectivity index (χ0v) is 13.7. The van der Waals surface area contributed by atoms with Crippen molar-refractivity contribution in [3.05, 3.63) is 28.8 Å². The lowest BCUT2D eigenvalue weighted by atomic mass is 10.1. The number of halogens is 1. The Bertz CT molecular complexity index is 511. The van der Waals surface area contributed by atoms with Gasteiger partial charge < -0.3 is 20.1 Å². The topological polar surface area (TPSA) is 64.8 Å². The van der Waals surface area contributed by atoms with Crippen LogP contribution in [-0.2, 0) is 14.3 Å². The van der Waals surface area contributed by atoms with E-state index in [1.807, 2.05) is 4.90 Å². The number of nitrogens with two attached hydrogens (primary N) is 1. The molecule has 0 radical (unpaired) electrons. The van der Waals surface area contributed by atoms with E-state index in [0.29, 0.717) is 24.7 Å². The highest BCUT2D eigenvalue weighted by atomic mass is 35.5. The third-order valence-electron chi connectivity index (χ3n) is 2.94. The minimum atomic E-state index is -0.281. The van der Waals surface area contributed by atoms with Crippen LogP contribution in [0, 0.1) is 0 Å². The van der Waals surface area contributed by atoms with Gasteiger partial charge in [-0.3, -0.25) is 4.79 Å². The lowest BCUT2D eigenvalue weighted by Gasteiger charge is -2.26. The number of ether oxygens (including phenoxy) is 2. The van der Waals surface area contributed by atoms with Gasteiger partial charge in [0.2, 0.25) is 0 Å². The van der Waals surface area contributed by atoms with Crippen LogP contribution in [0.3, 0.4) is 0 Å². The number of hydrogen-bond acceptors (Lipinski definition) is 5. The molecule has 0 atom stereocenters. The van der Waals surface area contributed by atoms with E-state index >= 15 is 0 Å². The van der Waals surface area contributed by atoms with E-state index in [2.05, 4.69) is 4.74 Å². The molecule has 0 fully saturated rings. The number of thiocarbonyl (C=S) groups is 1. The number of esters is 1. The monoisotopic (exact) mass is 330 g/mol. The highest BCUT2D eigenvalue weighted by Crippen LogP contribution is 2.25. The Kier molecular flexibility index (Phi) is 7.42. The molecule has 5 nitrogen and oxygen atoms in total. The SMILES string of the molecule is COCCN(CCC(=O)OC)c1cc(Cl)ccc1C(N)=S. The molecule has 0 bridgehead atoms. The molecule has 0 aliphatic carbocycles. The predicted molar refractivity (Wildman–Crippen MR) is 88.1 cm³/mol. The van der Waals surface area contributed by atoms with Crippen molar-refractivity contribution in [1.82, 2.24) is 0 Å². The summed E-state index contributed by atoms with van der Waals surface area (Å²) in [4.78, 5) is 13.6. The lowest BCUT2D eigenvalue weighted by molar-refractivity contribution is -0.140. The number of benzene rings is 1. The number of anilines is 1. The fourth-order valence-electron chi connectivity index (χ4n) is 1.86. The summed E-state index contributed by atoms with van der Waals surface area (Å²) in [6, 6.07) is 5.29. The van der Waals surface area contributed by atoms with Gasteiger partial charge in [0, 0.05) is 36.5 Å². The van der Waals surface area contributed by atoms with Crippen molar-refractivity contribution in [2.24, 2.45) is 5.73 Å². The molecule has 0 aromatic heterocycles. The standard InChI is InChI=1S/C14H19ClN2O3S/c1-19-8-7-17(6-5-13(18)20-2)12-9-10(15)3-4-11(12)14(16)21/h3-4,9H,5-8H2,1-2H3,(H2,16,21). The smallest absolute Gasteiger partial charge is 0.307 e. The molecule has 1 aromatic rings. The maximum absolute atomic E-state index is 11.4. The van der Waals surface area contributed by atoms with Crippen LogP contribution in [0.25, 0.3) is 0 Å². The van der Waals surface area contributed by atoms with Gasteiger partial charge in [0.15, 0.2) is 0 Å². The van der Waals surface area contributed by atoms with Crippen LogP contribution >= 0.6 is 23.8 Å². The molecule has 0 saturated heterocycles. The number of carbonyl (C=O) groups excluding carboxylic acids is 1. The summed E-state index contributed by atoms with van der Waals surface area (Å²) in [5, 5.41) is 0.575. The molecule has 0 spiro atoms. The highest BCUT2D eigenvalue weighted by Gasteiger charge is 2.15. The van der Waals surface area contributed by atoms with Crippen LogP contribution < -0.4 is 10.6 Å². The second kappa shape index (κ2) is 8.81. The molecule has 0 heterocycles. The number of hydrogen-bond donors (Lipinski definition) is 1. The molecule has 0 unspecified atom stereocenters. The Labute approximate surface area is 135 Å². The van der Waals surface area contributed by atoms with Gasteiger partial charge in [-0.25, -0.2) is 0 Å². The fourth-order valence-corrected chi connectivity index (χ4v) is 2.20. The third kappa shape index (κ3) is 5.49. The van der Waals surface area contributed by atoms with Gasteiger partial charge in [-0.2, -0.15) is 0 Å². The van der Waals surface area contributed by atoms with E-state index in [9.17, 15) is 4.79 Å². The average molecular weight is 331 g/mol. The van der Waals surface area contributed by atoms with Gasteiger partial charge in [-0.15, -0.1) is 0 Å². The first kappa shape index (κ1) is 17.7. The van der Waals surface area contributed by atoms with Crippen LogP contribution in [0.2, 0.25) is 5.02 Å². The minimum absolute atomic E-state index is 0.253. The molecule has 1 rings (SSSR count). The molecule has 2 N–H and O–H groups in total. The van der Waals surface area contributed by atoms with Crippen molar-refractivity contribution < 1.29 is 14.3 Å². The zero-order chi connectivity index (χ0) is 15.8. The van der Waals surface area contributed by atoms with E-state index in [4.69, 9.17) is 34.3 Å². The van der Waals surface area contributed by atoms with Gasteiger partial charge in [-0.05, 0) is 18.2 Å². The highest BCUT2D eigenvalue weighted by molar-refractivity contribution is 7.80. The van der Waals surface area contributed by atoms with Gasteiger partial charge >= 0.3 is 5.97 Å². The summed E-state index contributed by atoms with van der Waals surface area (Å²) < 4.78 is 9.77. The fraction of sp³-hybridized carbons (Fsp3) is 0.429. The van der Waals surface area contributed by atoms with Crippen LogP contribution in [0.1, 0.15) is 12.0 Å². The summed E-state index contributed by atoms with van der Waals surface area (Å²) in [5.41, 5.74) is 7.26. The number of rotatable bonds is 8. The Morgan fingerprint density at radius 2 is 2.10 bits per heavy atom. The second-order valence-corrected chi connectivity index (χ2v) is 5.21. The van der Waals surface area contributed by atoms with Crippen LogP contribution in [0.4, 0.5) is 5.69 Å². The van der Waals surface area contributed by atoms with Gasteiger partial charge in [0.05, 0.1) is 20.1 Å². The van der Waals surface area contributed by atoms with E-state index in [0.717, 1.165) is 11.3 Å². The summed E-state index contributed by atoms with van der Waals surface area (Å²) in [6.07, 6.45) is 0.253. The first-order valence-electron chi connectivity index (χ1n) is 6.39. The van der Waals surface area contributed by atoms with Crippen molar-refractivity contribution in [1.29, 1.82) is 0 Å². The van der Waals surface area contributed by atoms with Gasteiger partial charge in [-0.1, -0.05) is 23.8 Å². The molecular weight excluding hydrogens is 312 g/mol. The molecule has 0 aliphatic rings. The first-order chi connectivity index (χ1) is 9.99. The second-order valence-electron chi connectivity index (χ2n) is 4.33. The average Bonchev–Trinajstić information content (AvgIpc) is 2.46. The molecule has 1 aromatic carbocycles. The van der Waals surface area contributed by atoms with Crippen molar-refractivity contribution in [3.8, 4) is 0 Å².